The van der Waals surface area contributed by atoms with Crippen molar-refractivity contribution in [1.29, 1.82) is 0 Å². The van der Waals surface area contributed by atoms with Crippen LogP contribution < -0.4 is 10.1 Å². The minimum Gasteiger partial charge on any atom is -0.484 e. The number of hydrogen-bond acceptors (Lipinski definition) is 3. The first-order chi connectivity index (χ1) is 15.9. The van der Waals surface area contributed by atoms with Crippen LogP contribution in [0.3, 0.4) is 0 Å². The third kappa shape index (κ3) is 6.94. The van der Waals surface area contributed by atoms with E-state index < -0.39 is 17.8 Å². The van der Waals surface area contributed by atoms with E-state index in [1.165, 1.54) is 36.2 Å². The molecule has 1 atom stereocenters. The van der Waals surface area contributed by atoms with Crippen molar-refractivity contribution in [3.8, 4) is 5.75 Å². The average Bonchev–Trinajstić information content (AvgIpc) is 2.83. The van der Waals surface area contributed by atoms with E-state index in [1.54, 1.807) is 18.2 Å². The van der Waals surface area contributed by atoms with E-state index in [0.717, 1.165) is 5.56 Å². The summed E-state index contributed by atoms with van der Waals surface area (Å²) in [5, 5.41) is 3.39. The van der Waals surface area contributed by atoms with Crippen molar-refractivity contribution in [3.05, 3.63) is 99.8 Å². The van der Waals surface area contributed by atoms with Crippen LogP contribution in [0, 0.1) is 5.82 Å². The molecule has 1 N–H and O–H groups in total. The lowest BCUT2D eigenvalue weighted by atomic mass is 10.0. The highest BCUT2D eigenvalue weighted by molar-refractivity contribution is 6.42. The highest BCUT2D eigenvalue weighted by atomic mass is 35.5. The standard InChI is InChI=1S/C25H23Cl2FN2O3/c1-29-25(32)23(14-17-5-3-2-4-6-17)30(15-18-7-12-21(26)22(27)13-18)24(31)16-33-20-10-8-19(28)9-11-20/h2-13,23H,14-16H2,1H3,(H,29,32). The van der Waals surface area contributed by atoms with Gasteiger partial charge in [0.2, 0.25) is 5.91 Å². The Morgan fingerprint density at radius 1 is 0.970 bits per heavy atom. The van der Waals surface area contributed by atoms with Gasteiger partial charge in [0.25, 0.3) is 5.91 Å². The fourth-order valence-electron chi connectivity index (χ4n) is 3.31. The molecule has 0 aliphatic carbocycles. The van der Waals surface area contributed by atoms with E-state index >= 15 is 0 Å². The maximum atomic E-state index is 13.3. The van der Waals surface area contributed by atoms with E-state index in [9.17, 15) is 14.0 Å². The van der Waals surface area contributed by atoms with Crippen molar-refractivity contribution in [2.45, 2.75) is 19.0 Å². The van der Waals surface area contributed by atoms with Crippen LogP contribution in [0.15, 0.2) is 72.8 Å². The molecule has 33 heavy (non-hydrogen) atoms. The van der Waals surface area contributed by atoms with Gasteiger partial charge in [-0.25, -0.2) is 4.39 Å². The van der Waals surface area contributed by atoms with Crippen molar-refractivity contribution in [2.75, 3.05) is 13.7 Å². The van der Waals surface area contributed by atoms with Gasteiger partial charge in [0, 0.05) is 20.0 Å². The minimum atomic E-state index is -0.795. The molecule has 0 fully saturated rings. The zero-order valence-corrected chi connectivity index (χ0v) is 19.4. The van der Waals surface area contributed by atoms with Crippen molar-refractivity contribution < 1.29 is 18.7 Å². The molecule has 0 radical (unpaired) electrons. The molecule has 1 unspecified atom stereocenters. The third-order valence-corrected chi connectivity index (χ3v) is 5.77. The van der Waals surface area contributed by atoms with Gasteiger partial charge in [-0.15, -0.1) is 0 Å². The molecule has 0 saturated heterocycles. The average molecular weight is 489 g/mol. The number of ether oxygens (including phenoxy) is 1. The van der Waals surface area contributed by atoms with Crippen LogP contribution in [-0.2, 0) is 22.6 Å². The van der Waals surface area contributed by atoms with E-state index in [1.807, 2.05) is 30.3 Å². The molecule has 0 aliphatic heterocycles. The molecule has 0 saturated carbocycles. The molecular weight excluding hydrogens is 466 g/mol. The number of halogens is 3. The number of amides is 2. The van der Waals surface area contributed by atoms with Gasteiger partial charge in [-0.1, -0.05) is 59.6 Å². The Balaban J connectivity index is 1.88. The monoisotopic (exact) mass is 488 g/mol. The Morgan fingerprint density at radius 2 is 1.67 bits per heavy atom. The molecule has 3 rings (SSSR count). The van der Waals surface area contributed by atoms with Crippen LogP contribution in [0.1, 0.15) is 11.1 Å². The number of hydrogen-bond donors (Lipinski definition) is 1. The molecular formula is C25H23Cl2FN2O3. The zero-order chi connectivity index (χ0) is 23.8. The summed E-state index contributed by atoms with van der Waals surface area (Å²) in [6.45, 7) is -0.206. The lowest BCUT2D eigenvalue weighted by Gasteiger charge is -2.31. The summed E-state index contributed by atoms with van der Waals surface area (Å²) in [4.78, 5) is 27.6. The molecule has 2 amide bonds. The van der Waals surface area contributed by atoms with Gasteiger partial charge in [-0.3, -0.25) is 9.59 Å². The maximum absolute atomic E-state index is 13.3. The molecule has 172 valence electrons. The first-order valence-electron chi connectivity index (χ1n) is 10.2. The summed E-state index contributed by atoms with van der Waals surface area (Å²) >= 11 is 12.2. The van der Waals surface area contributed by atoms with Crippen LogP contribution in [0.4, 0.5) is 4.39 Å². The summed E-state index contributed by atoms with van der Waals surface area (Å²) in [6.07, 6.45) is 0.310. The topological polar surface area (TPSA) is 58.6 Å². The van der Waals surface area contributed by atoms with Gasteiger partial charge in [-0.2, -0.15) is 0 Å². The zero-order valence-electron chi connectivity index (χ0n) is 17.9. The van der Waals surface area contributed by atoms with Gasteiger partial charge < -0.3 is 15.0 Å². The predicted molar refractivity (Wildman–Crippen MR) is 127 cm³/mol. The normalized spacial score (nSPS) is 11.5. The number of likely N-dealkylation sites (N-methyl/N-ethyl adjacent to an activating group) is 1. The van der Waals surface area contributed by atoms with Gasteiger partial charge >= 0.3 is 0 Å². The Bertz CT molecular complexity index is 1090. The largest absolute Gasteiger partial charge is 0.484 e. The number of nitrogens with one attached hydrogen (secondary N) is 1. The Hall–Kier alpha value is -3.09. The SMILES string of the molecule is CNC(=O)C(Cc1ccccc1)N(Cc1ccc(Cl)c(Cl)c1)C(=O)COc1ccc(F)cc1. The molecule has 0 aliphatic rings. The quantitative estimate of drug-likeness (QED) is 0.466. The maximum Gasteiger partial charge on any atom is 0.261 e. The van der Waals surface area contributed by atoms with E-state index in [2.05, 4.69) is 5.32 Å². The second kappa shape index (κ2) is 11.7. The van der Waals surface area contributed by atoms with Gasteiger partial charge in [-0.05, 0) is 47.5 Å². The first kappa shape index (κ1) is 24.6. The summed E-state index contributed by atoms with van der Waals surface area (Å²) in [7, 11) is 1.52. The summed E-state index contributed by atoms with van der Waals surface area (Å²) in [5.74, 6) is -0.778. The third-order valence-electron chi connectivity index (χ3n) is 5.03. The Morgan fingerprint density at radius 3 is 2.30 bits per heavy atom. The van der Waals surface area contributed by atoms with Crippen LogP contribution in [0.2, 0.25) is 10.0 Å². The van der Waals surface area contributed by atoms with Crippen LogP contribution in [-0.4, -0.2) is 36.4 Å². The van der Waals surface area contributed by atoms with Crippen molar-refractivity contribution in [3.63, 3.8) is 0 Å². The second-order valence-electron chi connectivity index (χ2n) is 7.33. The van der Waals surface area contributed by atoms with Crippen molar-refractivity contribution in [2.24, 2.45) is 0 Å². The van der Waals surface area contributed by atoms with E-state index in [4.69, 9.17) is 27.9 Å². The molecule has 3 aromatic rings. The predicted octanol–water partition coefficient (Wildman–Crippen LogP) is 4.90. The van der Waals surface area contributed by atoms with Crippen LogP contribution in [0.5, 0.6) is 5.75 Å². The molecule has 0 bridgehead atoms. The molecule has 0 spiro atoms. The number of carbonyl (C=O) groups is 2. The molecule has 0 heterocycles. The smallest absolute Gasteiger partial charge is 0.261 e. The van der Waals surface area contributed by atoms with Gasteiger partial charge in [0.05, 0.1) is 10.0 Å². The molecule has 3 aromatic carbocycles. The number of benzene rings is 3. The summed E-state index contributed by atoms with van der Waals surface area (Å²) in [5.41, 5.74) is 1.61. The molecule has 8 heteroatoms. The second-order valence-corrected chi connectivity index (χ2v) is 8.15. The van der Waals surface area contributed by atoms with Crippen molar-refractivity contribution >= 4 is 35.0 Å². The first-order valence-corrected chi connectivity index (χ1v) is 11.0. The van der Waals surface area contributed by atoms with Gasteiger partial charge in [0.1, 0.15) is 17.6 Å². The number of nitrogens with zero attached hydrogens (tertiary/aromatic N) is 1. The van der Waals surface area contributed by atoms with E-state index in [0.29, 0.717) is 27.8 Å². The summed E-state index contributed by atoms with van der Waals surface area (Å²) in [6, 6.07) is 19.0. The summed E-state index contributed by atoms with van der Waals surface area (Å²) < 4.78 is 18.7. The van der Waals surface area contributed by atoms with Crippen molar-refractivity contribution in [1.82, 2.24) is 10.2 Å². The molecule has 5 nitrogen and oxygen atoms in total. The highest BCUT2D eigenvalue weighted by Gasteiger charge is 2.30. The van der Waals surface area contributed by atoms with E-state index in [-0.39, 0.29) is 19.1 Å². The Labute approximate surface area is 202 Å². The van der Waals surface area contributed by atoms with Gasteiger partial charge in [0.15, 0.2) is 6.61 Å². The molecule has 0 aromatic heterocycles. The number of rotatable bonds is 9. The van der Waals surface area contributed by atoms with Crippen LogP contribution in [0.25, 0.3) is 0 Å². The minimum absolute atomic E-state index is 0.118. The lowest BCUT2D eigenvalue weighted by molar-refractivity contribution is -0.142. The highest BCUT2D eigenvalue weighted by Crippen LogP contribution is 2.24. The van der Waals surface area contributed by atoms with Crippen LogP contribution >= 0.6 is 23.2 Å². The Kier molecular flexibility index (Phi) is 8.69. The number of carbonyl (C=O) groups excluding carboxylic acids is 2. The fraction of sp³-hybridized carbons (Fsp3) is 0.200. The fourth-order valence-corrected chi connectivity index (χ4v) is 3.63. The lowest BCUT2D eigenvalue weighted by Crippen LogP contribution is -2.51.